The highest BCUT2D eigenvalue weighted by Crippen LogP contribution is 2.32. The molecule has 0 aromatic heterocycles. The maximum Gasteiger partial charge on any atom is 0.310 e. The lowest BCUT2D eigenvalue weighted by atomic mass is 9.76. The predicted octanol–water partition coefficient (Wildman–Crippen LogP) is 1.72. The van der Waals surface area contributed by atoms with Crippen LogP contribution in [0.2, 0.25) is 0 Å². The van der Waals surface area contributed by atoms with E-state index in [-0.39, 0.29) is 24.3 Å². The highest BCUT2D eigenvalue weighted by atomic mass is 16.4. The lowest BCUT2D eigenvalue weighted by molar-refractivity contribution is -0.156. The van der Waals surface area contributed by atoms with Gasteiger partial charge in [-0.2, -0.15) is 0 Å². The first-order chi connectivity index (χ1) is 9.32. The van der Waals surface area contributed by atoms with E-state index in [0.717, 1.165) is 25.9 Å². The average Bonchev–Trinajstić information content (AvgIpc) is 2.40. The maximum absolute atomic E-state index is 12.5. The normalized spacial score (nSPS) is 19.6. The van der Waals surface area contributed by atoms with E-state index in [0.29, 0.717) is 6.54 Å². The number of hydrogen-bond donors (Lipinski definition) is 2. The molecule has 1 rings (SSSR count). The predicted molar refractivity (Wildman–Crippen MR) is 78.5 cm³/mol. The average molecular weight is 284 g/mol. The Hall–Kier alpha value is -1.10. The Morgan fingerprint density at radius 3 is 2.30 bits per heavy atom. The minimum Gasteiger partial charge on any atom is -0.481 e. The molecule has 1 aliphatic rings. The van der Waals surface area contributed by atoms with Gasteiger partial charge < -0.3 is 15.3 Å². The van der Waals surface area contributed by atoms with E-state index in [1.165, 1.54) is 0 Å². The van der Waals surface area contributed by atoms with Crippen molar-refractivity contribution in [1.82, 2.24) is 10.2 Å². The number of nitrogens with one attached hydrogen (secondary N) is 1. The summed E-state index contributed by atoms with van der Waals surface area (Å²) in [6.07, 6.45) is 1.98. The van der Waals surface area contributed by atoms with Gasteiger partial charge in [-0.3, -0.25) is 9.59 Å². The van der Waals surface area contributed by atoms with E-state index >= 15 is 0 Å². The fourth-order valence-electron chi connectivity index (χ4n) is 2.70. The third-order valence-electron chi connectivity index (χ3n) is 4.69. The first-order valence-corrected chi connectivity index (χ1v) is 7.56. The third-order valence-corrected chi connectivity index (χ3v) is 4.69. The number of aliphatic carboxylic acids is 1. The second-order valence-electron chi connectivity index (χ2n) is 6.22. The minimum absolute atomic E-state index is 0.0296. The fourth-order valence-corrected chi connectivity index (χ4v) is 2.70. The van der Waals surface area contributed by atoms with Crippen molar-refractivity contribution >= 4 is 11.9 Å². The van der Waals surface area contributed by atoms with Gasteiger partial charge in [-0.1, -0.05) is 13.8 Å². The Labute approximate surface area is 121 Å². The van der Waals surface area contributed by atoms with E-state index in [1.54, 1.807) is 6.92 Å². The highest BCUT2D eigenvalue weighted by molar-refractivity contribution is 5.85. The molecule has 0 aliphatic carbocycles. The summed E-state index contributed by atoms with van der Waals surface area (Å²) in [6.45, 7) is 9.87. The quantitative estimate of drug-likeness (QED) is 0.779. The van der Waals surface area contributed by atoms with Gasteiger partial charge in [0.05, 0.1) is 5.41 Å². The van der Waals surface area contributed by atoms with Gasteiger partial charge in [-0.05, 0) is 45.7 Å². The number of piperidine rings is 1. The van der Waals surface area contributed by atoms with Crippen LogP contribution in [0.3, 0.4) is 0 Å². The zero-order chi connectivity index (χ0) is 15.3. The van der Waals surface area contributed by atoms with Crippen LogP contribution >= 0.6 is 0 Å². The van der Waals surface area contributed by atoms with E-state index in [1.807, 2.05) is 25.7 Å². The molecule has 0 radical (unpaired) electrons. The maximum atomic E-state index is 12.5. The van der Waals surface area contributed by atoms with Gasteiger partial charge in [0.15, 0.2) is 0 Å². The molecule has 1 fully saturated rings. The summed E-state index contributed by atoms with van der Waals surface area (Å²) in [6, 6.07) is 0.249. The molecule has 5 nitrogen and oxygen atoms in total. The first kappa shape index (κ1) is 17.0. The van der Waals surface area contributed by atoms with Crippen molar-refractivity contribution in [1.29, 1.82) is 0 Å². The molecule has 20 heavy (non-hydrogen) atoms. The molecule has 0 aromatic carbocycles. The van der Waals surface area contributed by atoms with E-state index < -0.39 is 11.4 Å². The molecule has 1 aliphatic heterocycles. The summed E-state index contributed by atoms with van der Waals surface area (Å²) < 4.78 is 0. The molecule has 1 amide bonds. The molecular weight excluding hydrogens is 256 g/mol. The molecule has 1 unspecified atom stereocenters. The van der Waals surface area contributed by atoms with Crippen LogP contribution in [-0.2, 0) is 9.59 Å². The smallest absolute Gasteiger partial charge is 0.310 e. The number of nitrogens with zero attached hydrogens (tertiary/aromatic N) is 1. The SMILES string of the molecule is CCN(C(=O)CC(C)(C(=O)O)C(C)C)C1CCNCC1. The van der Waals surface area contributed by atoms with Crippen molar-refractivity contribution in [3.8, 4) is 0 Å². The van der Waals surface area contributed by atoms with Gasteiger partial charge in [0.2, 0.25) is 5.91 Å². The highest BCUT2D eigenvalue weighted by Gasteiger charge is 2.40. The molecule has 0 aromatic rings. The second kappa shape index (κ2) is 7.07. The number of carbonyl (C=O) groups is 2. The third kappa shape index (κ3) is 3.72. The van der Waals surface area contributed by atoms with Crippen LogP contribution in [-0.4, -0.2) is 47.6 Å². The van der Waals surface area contributed by atoms with Crippen molar-refractivity contribution in [2.75, 3.05) is 19.6 Å². The van der Waals surface area contributed by atoms with Gasteiger partial charge in [0.1, 0.15) is 0 Å². The molecule has 0 spiro atoms. The second-order valence-corrected chi connectivity index (χ2v) is 6.22. The number of amides is 1. The molecule has 116 valence electrons. The molecule has 1 atom stereocenters. The Morgan fingerprint density at radius 2 is 1.90 bits per heavy atom. The summed E-state index contributed by atoms with van der Waals surface area (Å²) in [5.41, 5.74) is -0.989. The summed E-state index contributed by atoms with van der Waals surface area (Å²) in [5, 5.41) is 12.7. The first-order valence-electron chi connectivity index (χ1n) is 7.56. The number of carboxylic acids is 1. The van der Waals surface area contributed by atoms with Crippen LogP contribution in [0.1, 0.15) is 47.0 Å². The molecule has 0 saturated carbocycles. The Bertz CT molecular complexity index is 351. The van der Waals surface area contributed by atoms with Crippen LogP contribution in [0.4, 0.5) is 0 Å². The fraction of sp³-hybridized carbons (Fsp3) is 0.867. The van der Waals surface area contributed by atoms with E-state index in [4.69, 9.17) is 0 Å². The van der Waals surface area contributed by atoms with Gasteiger partial charge in [0, 0.05) is 19.0 Å². The largest absolute Gasteiger partial charge is 0.481 e. The van der Waals surface area contributed by atoms with Gasteiger partial charge in [-0.15, -0.1) is 0 Å². The number of rotatable bonds is 6. The van der Waals surface area contributed by atoms with Crippen LogP contribution in [0.15, 0.2) is 0 Å². The van der Waals surface area contributed by atoms with Gasteiger partial charge >= 0.3 is 5.97 Å². The summed E-state index contributed by atoms with van der Waals surface area (Å²) in [5.74, 6) is -0.990. The van der Waals surface area contributed by atoms with Crippen LogP contribution < -0.4 is 5.32 Å². The van der Waals surface area contributed by atoms with E-state index in [9.17, 15) is 14.7 Å². The van der Waals surface area contributed by atoms with Crippen molar-refractivity contribution < 1.29 is 14.7 Å². The van der Waals surface area contributed by atoms with Gasteiger partial charge in [0.25, 0.3) is 0 Å². The van der Waals surface area contributed by atoms with Gasteiger partial charge in [-0.25, -0.2) is 0 Å². The molecule has 5 heteroatoms. The van der Waals surface area contributed by atoms with Crippen molar-refractivity contribution in [2.45, 2.75) is 53.0 Å². The Kier molecular flexibility index (Phi) is 5.99. The lowest BCUT2D eigenvalue weighted by Crippen LogP contribution is -2.48. The van der Waals surface area contributed by atoms with Crippen molar-refractivity contribution in [3.63, 3.8) is 0 Å². The Morgan fingerprint density at radius 1 is 1.35 bits per heavy atom. The summed E-state index contributed by atoms with van der Waals surface area (Å²) >= 11 is 0. The van der Waals surface area contributed by atoms with E-state index in [2.05, 4.69) is 5.32 Å². The van der Waals surface area contributed by atoms with Crippen LogP contribution in [0.25, 0.3) is 0 Å². The van der Waals surface area contributed by atoms with Crippen molar-refractivity contribution in [2.24, 2.45) is 11.3 Å². The number of carboxylic acid groups (broad SMARTS) is 1. The molecule has 1 saturated heterocycles. The minimum atomic E-state index is -0.989. The summed E-state index contributed by atoms with van der Waals surface area (Å²) in [4.78, 5) is 25.9. The number of hydrogen-bond acceptors (Lipinski definition) is 3. The van der Waals surface area contributed by atoms with Crippen LogP contribution in [0, 0.1) is 11.3 Å². The van der Waals surface area contributed by atoms with Crippen LogP contribution in [0.5, 0.6) is 0 Å². The molecule has 2 N–H and O–H groups in total. The monoisotopic (exact) mass is 284 g/mol. The van der Waals surface area contributed by atoms with Crippen molar-refractivity contribution in [3.05, 3.63) is 0 Å². The zero-order valence-corrected chi connectivity index (χ0v) is 13.1. The molecule has 1 heterocycles. The molecule has 0 bridgehead atoms. The topological polar surface area (TPSA) is 69.6 Å². The molecular formula is C15H28N2O3. The zero-order valence-electron chi connectivity index (χ0n) is 13.1. The lowest BCUT2D eigenvalue weighted by Gasteiger charge is -2.37. The summed E-state index contributed by atoms with van der Waals surface area (Å²) in [7, 11) is 0. The Balaban J connectivity index is 2.78. The standard InChI is InChI=1S/C15H28N2O3/c1-5-17(12-6-8-16-9-7-12)13(18)10-15(4,11(2)3)14(19)20/h11-12,16H,5-10H2,1-4H3,(H,19,20). The number of carbonyl (C=O) groups excluding carboxylic acids is 1.